The molecule has 7 heteroatoms. The first-order valence-corrected chi connectivity index (χ1v) is 10.6. The molecule has 162 valence electrons. The van der Waals surface area contributed by atoms with Crippen molar-refractivity contribution in [3.05, 3.63) is 111 Å². The quantitative estimate of drug-likeness (QED) is 0.271. The van der Waals surface area contributed by atoms with Gasteiger partial charge >= 0.3 is 0 Å². The second kappa shape index (κ2) is 8.20. The lowest BCUT2D eigenvalue weighted by Crippen LogP contribution is -2.22. The number of aryl methyl sites for hydroxylation is 1. The zero-order valence-electron chi connectivity index (χ0n) is 17.9. The largest absolute Gasteiger partial charge is 0.347 e. The smallest absolute Gasteiger partial charge is 0.271 e. The van der Waals surface area contributed by atoms with Crippen LogP contribution >= 0.6 is 0 Å². The molecule has 0 bridgehead atoms. The first kappa shape index (κ1) is 20.4. The standard InChI is InChI=1S/C26H20N4O3/c1-2-28-17-18(21-10-4-6-13-24(21)28)14-15-25-27-23-12-5-3-11-22(23)26(31)29(25)19-8-7-9-20(16-19)30(32)33/h3-17H,2H2,1H3/b15-14+. The molecule has 0 atom stereocenters. The monoisotopic (exact) mass is 436 g/mol. The van der Waals surface area contributed by atoms with Crippen molar-refractivity contribution in [2.75, 3.05) is 0 Å². The van der Waals surface area contributed by atoms with Gasteiger partial charge in [0.2, 0.25) is 0 Å². The molecule has 2 aromatic heterocycles. The Kier molecular flexibility index (Phi) is 5.06. The van der Waals surface area contributed by atoms with Crippen LogP contribution in [0.1, 0.15) is 18.3 Å². The van der Waals surface area contributed by atoms with E-state index in [1.165, 1.54) is 16.7 Å². The molecule has 7 nitrogen and oxygen atoms in total. The van der Waals surface area contributed by atoms with E-state index in [4.69, 9.17) is 4.98 Å². The van der Waals surface area contributed by atoms with Gasteiger partial charge in [0.25, 0.3) is 11.2 Å². The van der Waals surface area contributed by atoms with Gasteiger partial charge in [-0.15, -0.1) is 0 Å². The van der Waals surface area contributed by atoms with E-state index in [-0.39, 0.29) is 11.2 Å². The fourth-order valence-electron chi connectivity index (χ4n) is 4.09. The Morgan fingerprint density at radius 1 is 0.970 bits per heavy atom. The number of hydrogen-bond donors (Lipinski definition) is 0. The molecule has 5 aromatic rings. The van der Waals surface area contributed by atoms with E-state index in [2.05, 4.69) is 29.8 Å². The summed E-state index contributed by atoms with van der Waals surface area (Å²) in [4.78, 5) is 29.0. The van der Waals surface area contributed by atoms with Gasteiger partial charge < -0.3 is 4.57 Å². The van der Waals surface area contributed by atoms with E-state index in [1.807, 2.05) is 24.3 Å². The number of nitro groups is 1. The van der Waals surface area contributed by atoms with Gasteiger partial charge in [-0.05, 0) is 43.3 Å². The first-order valence-electron chi connectivity index (χ1n) is 10.6. The molecule has 0 amide bonds. The zero-order chi connectivity index (χ0) is 22.9. The van der Waals surface area contributed by atoms with Crippen molar-refractivity contribution in [1.82, 2.24) is 14.1 Å². The van der Waals surface area contributed by atoms with Gasteiger partial charge in [0.05, 0.1) is 21.5 Å². The number of benzene rings is 3. The van der Waals surface area contributed by atoms with Crippen LogP contribution in [0, 0.1) is 10.1 Å². The van der Waals surface area contributed by atoms with E-state index in [0.29, 0.717) is 22.4 Å². The van der Waals surface area contributed by atoms with Crippen molar-refractivity contribution >= 4 is 39.6 Å². The normalized spacial score (nSPS) is 11.5. The summed E-state index contributed by atoms with van der Waals surface area (Å²) in [5.74, 6) is 0.396. The summed E-state index contributed by atoms with van der Waals surface area (Å²) in [7, 11) is 0. The molecular formula is C26H20N4O3. The molecule has 0 N–H and O–H groups in total. The summed E-state index contributed by atoms with van der Waals surface area (Å²) in [6, 6.07) is 21.3. The maximum atomic E-state index is 13.4. The van der Waals surface area contributed by atoms with Crippen LogP contribution in [-0.2, 0) is 6.54 Å². The van der Waals surface area contributed by atoms with E-state index in [9.17, 15) is 14.9 Å². The minimum absolute atomic E-state index is 0.0893. The number of rotatable bonds is 5. The Balaban J connectivity index is 1.73. The second-order valence-corrected chi connectivity index (χ2v) is 7.63. The Bertz CT molecular complexity index is 1610. The SMILES string of the molecule is CCn1cc(/C=C/c2nc3ccccc3c(=O)n2-c2cccc([N+](=O)[O-])c2)c2ccccc21. The number of para-hydroxylation sites is 2. The van der Waals surface area contributed by atoms with Crippen molar-refractivity contribution in [1.29, 1.82) is 0 Å². The number of nitro benzene ring substituents is 1. The van der Waals surface area contributed by atoms with Crippen LogP contribution in [0.2, 0.25) is 0 Å². The highest BCUT2D eigenvalue weighted by atomic mass is 16.6. The van der Waals surface area contributed by atoms with Crippen molar-refractivity contribution in [2.45, 2.75) is 13.5 Å². The molecule has 0 fully saturated rings. The van der Waals surface area contributed by atoms with Crippen LogP contribution < -0.4 is 5.56 Å². The zero-order valence-corrected chi connectivity index (χ0v) is 17.9. The molecule has 3 aromatic carbocycles. The third-order valence-electron chi connectivity index (χ3n) is 5.67. The van der Waals surface area contributed by atoms with Crippen molar-refractivity contribution in [3.8, 4) is 5.69 Å². The van der Waals surface area contributed by atoms with E-state index >= 15 is 0 Å². The third-order valence-corrected chi connectivity index (χ3v) is 5.67. The third kappa shape index (κ3) is 3.59. The van der Waals surface area contributed by atoms with Gasteiger partial charge in [0, 0.05) is 41.3 Å². The summed E-state index contributed by atoms with van der Waals surface area (Å²) >= 11 is 0. The van der Waals surface area contributed by atoms with E-state index in [0.717, 1.165) is 23.0 Å². The maximum absolute atomic E-state index is 13.4. The molecule has 2 heterocycles. The maximum Gasteiger partial charge on any atom is 0.271 e. The van der Waals surface area contributed by atoms with Gasteiger partial charge in [0.1, 0.15) is 5.82 Å². The number of fused-ring (bicyclic) bond motifs is 2. The molecule has 0 radical (unpaired) electrons. The van der Waals surface area contributed by atoms with Gasteiger partial charge in [0.15, 0.2) is 0 Å². The predicted molar refractivity (Wildman–Crippen MR) is 131 cm³/mol. The molecule has 0 saturated carbocycles. The number of non-ortho nitro benzene ring substituents is 1. The van der Waals surface area contributed by atoms with Crippen LogP contribution in [0.4, 0.5) is 5.69 Å². The van der Waals surface area contributed by atoms with Crippen molar-refractivity contribution < 1.29 is 4.92 Å². The molecule has 0 aliphatic heterocycles. The summed E-state index contributed by atoms with van der Waals surface area (Å²) in [5.41, 5.74) is 2.72. The lowest BCUT2D eigenvalue weighted by Gasteiger charge is -2.11. The Labute approximate surface area is 189 Å². The lowest BCUT2D eigenvalue weighted by atomic mass is 10.1. The Morgan fingerprint density at radius 3 is 2.52 bits per heavy atom. The molecule has 5 rings (SSSR count). The summed E-state index contributed by atoms with van der Waals surface area (Å²) in [6.45, 7) is 2.92. The lowest BCUT2D eigenvalue weighted by molar-refractivity contribution is -0.384. The molecule has 0 saturated heterocycles. The highest BCUT2D eigenvalue weighted by molar-refractivity contribution is 5.92. The van der Waals surface area contributed by atoms with Gasteiger partial charge in [-0.3, -0.25) is 19.5 Å². The van der Waals surface area contributed by atoms with E-state index in [1.54, 1.807) is 36.4 Å². The van der Waals surface area contributed by atoms with Gasteiger partial charge in [-0.25, -0.2) is 4.98 Å². The minimum Gasteiger partial charge on any atom is -0.347 e. The van der Waals surface area contributed by atoms with Gasteiger partial charge in [-0.2, -0.15) is 0 Å². The fourth-order valence-corrected chi connectivity index (χ4v) is 4.09. The van der Waals surface area contributed by atoms with Crippen molar-refractivity contribution in [3.63, 3.8) is 0 Å². The summed E-state index contributed by atoms with van der Waals surface area (Å²) in [6.07, 6.45) is 5.78. The van der Waals surface area contributed by atoms with Crippen LogP contribution in [0.25, 0.3) is 39.6 Å². The predicted octanol–water partition coefficient (Wildman–Crippen LogP) is 5.44. The molecule has 0 aliphatic rings. The van der Waals surface area contributed by atoms with E-state index < -0.39 is 4.92 Å². The van der Waals surface area contributed by atoms with Gasteiger partial charge in [-0.1, -0.05) is 36.4 Å². The first-order chi connectivity index (χ1) is 16.1. The molecule has 0 spiro atoms. The molecule has 0 unspecified atom stereocenters. The van der Waals surface area contributed by atoms with Crippen LogP contribution in [0.5, 0.6) is 0 Å². The highest BCUT2D eigenvalue weighted by Gasteiger charge is 2.14. The number of aromatic nitrogens is 3. The average Bonchev–Trinajstić information content (AvgIpc) is 3.21. The van der Waals surface area contributed by atoms with Crippen LogP contribution in [-0.4, -0.2) is 19.0 Å². The average molecular weight is 436 g/mol. The van der Waals surface area contributed by atoms with Crippen LogP contribution in [0.3, 0.4) is 0 Å². The Hall–Kier alpha value is -4.52. The fraction of sp³-hybridized carbons (Fsp3) is 0.0769. The second-order valence-electron chi connectivity index (χ2n) is 7.63. The summed E-state index contributed by atoms with van der Waals surface area (Å²) in [5, 5.41) is 12.9. The summed E-state index contributed by atoms with van der Waals surface area (Å²) < 4.78 is 3.58. The highest BCUT2D eigenvalue weighted by Crippen LogP contribution is 2.24. The number of hydrogen-bond acceptors (Lipinski definition) is 4. The van der Waals surface area contributed by atoms with Crippen LogP contribution in [0.15, 0.2) is 83.8 Å². The minimum atomic E-state index is -0.474. The molecule has 0 aliphatic carbocycles. The Morgan fingerprint density at radius 2 is 1.73 bits per heavy atom. The topological polar surface area (TPSA) is 83.0 Å². The molecular weight excluding hydrogens is 416 g/mol. The number of nitrogens with zero attached hydrogens (tertiary/aromatic N) is 4. The molecule has 33 heavy (non-hydrogen) atoms. The van der Waals surface area contributed by atoms with Crippen molar-refractivity contribution in [2.24, 2.45) is 0 Å².